The SMILES string of the molecule is Cc1ccc(OCC(=O)N2CCCN(C(=O)C3CC3)CC2)c(C)c1. The van der Waals surface area contributed by atoms with E-state index in [1.54, 1.807) is 0 Å². The van der Waals surface area contributed by atoms with Crippen molar-refractivity contribution < 1.29 is 14.3 Å². The van der Waals surface area contributed by atoms with Crippen molar-refractivity contribution in [3.63, 3.8) is 0 Å². The van der Waals surface area contributed by atoms with Crippen molar-refractivity contribution in [2.45, 2.75) is 33.1 Å². The van der Waals surface area contributed by atoms with Crippen LogP contribution in [0.15, 0.2) is 18.2 Å². The average Bonchev–Trinajstić information content (AvgIpc) is 3.39. The van der Waals surface area contributed by atoms with Crippen LogP contribution in [0.4, 0.5) is 0 Å². The normalized spacial score (nSPS) is 18.2. The second-order valence-electron chi connectivity index (χ2n) is 6.89. The van der Waals surface area contributed by atoms with Crippen molar-refractivity contribution in [3.8, 4) is 5.75 Å². The molecule has 0 unspecified atom stereocenters. The summed E-state index contributed by atoms with van der Waals surface area (Å²) in [6, 6.07) is 5.95. The summed E-state index contributed by atoms with van der Waals surface area (Å²) in [5, 5.41) is 0. The monoisotopic (exact) mass is 330 g/mol. The molecule has 1 aromatic carbocycles. The first-order valence-corrected chi connectivity index (χ1v) is 8.81. The van der Waals surface area contributed by atoms with Crippen LogP contribution in [-0.2, 0) is 9.59 Å². The van der Waals surface area contributed by atoms with Crippen molar-refractivity contribution in [3.05, 3.63) is 29.3 Å². The van der Waals surface area contributed by atoms with E-state index < -0.39 is 0 Å². The Kier molecular flexibility index (Phi) is 5.07. The van der Waals surface area contributed by atoms with Gasteiger partial charge in [0.2, 0.25) is 5.91 Å². The summed E-state index contributed by atoms with van der Waals surface area (Å²) in [6.45, 7) is 6.78. The maximum Gasteiger partial charge on any atom is 0.260 e. The standard InChI is InChI=1S/C19H26N2O3/c1-14-4-7-17(15(2)12-14)24-13-18(22)20-8-3-9-21(11-10-20)19(23)16-5-6-16/h4,7,12,16H,3,5-6,8-11,13H2,1-2H3. The quantitative estimate of drug-likeness (QED) is 0.850. The minimum atomic E-state index is -0.00399. The molecule has 0 N–H and O–H groups in total. The van der Waals surface area contributed by atoms with E-state index in [0.29, 0.717) is 19.6 Å². The molecule has 0 bridgehead atoms. The number of nitrogens with zero attached hydrogens (tertiary/aromatic N) is 2. The van der Waals surface area contributed by atoms with Gasteiger partial charge in [-0.3, -0.25) is 9.59 Å². The lowest BCUT2D eigenvalue weighted by molar-refractivity contribution is -0.135. The Morgan fingerprint density at radius 3 is 2.50 bits per heavy atom. The molecule has 2 aliphatic rings. The van der Waals surface area contributed by atoms with Gasteiger partial charge in [0, 0.05) is 32.1 Å². The highest BCUT2D eigenvalue weighted by Crippen LogP contribution is 2.31. The fourth-order valence-electron chi connectivity index (χ4n) is 3.17. The first-order chi connectivity index (χ1) is 11.5. The van der Waals surface area contributed by atoms with Gasteiger partial charge in [-0.25, -0.2) is 0 Å². The fraction of sp³-hybridized carbons (Fsp3) is 0.579. The van der Waals surface area contributed by atoms with E-state index in [2.05, 4.69) is 0 Å². The Balaban J connectivity index is 1.50. The molecule has 2 amide bonds. The van der Waals surface area contributed by atoms with E-state index >= 15 is 0 Å². The highest BCUT2D eigenvalue weighted by Gasteiger charge is 2.34. The van der Waals surface area contributed by atoms with Gasteiger partial charge in [-0.1, -0.05) is 17.7 Å². The maximum absolute atomic E-state index is 12.4. The lowest BCUT2D eigenvalue weighted by Crippen LogP contribution is -2.39. The van der Waals surface area contributed by atoms with Crippen LogP contribution in [-0.4, -0.2) is 54.4 Å². The van der Waals surface area contributed by atoms with Crippen LogP contribution in [0.3, 0.4) is 0 Å². The predicted octanol–water partition coefficient (Wildman–Crippen LogP) is 2.15. The highest BCUT2D eigenvalue weighted by molar-refractivity contribution is 5.81. The largest absolute Gasteiger partial charge is 0.484 e. The molecule has 0 spiro atoms. The van der Waals surface area contributed by atoms with Gasteiger partial charge in [-0.15, -0.1) is 0 Å². The van der Waals surface area contributed by atoms with Crippen LogP contribution in [0.5, 0.6) is 5.75 Å². The summed E-state index contributed by atoms with van der Waals surface area (Å²) in [5.74, 6) is 1.28. The van der Waals surface area contributed by atoms with Crippen LogP contribution in [0.2, 0.25) is 0 Å². The summed E-state index contributed by atoms with van der Waals surface area (Å²) in [4.78, 5) is 28.3. The van der Waals surface area contributed by atoms with Gasteiger partial charge < -0.3 is 14.5 Å². The van der Waals surface area contributed by atoms with E-state index in [9.17, 15) is 9.59 Å². The second kappa shape index (κ2) is 7.24. The van der Waals surface area contributed by atoms with E-state index in [1.807, 2.05) is 41.8 Å². The molecule has 1 saturated heterocycles. The van der Waals surface area contributed by atoms with Crippen LogP contribution in [0.1, 0.15) is 30.4 Å². The molecule has 2 fully saturated rings. The molecule has 3 rings (SSSR count). The number of carbonyl (C=O) groups is 2. The summed E-state index contributed by atoms with van der Waals surface area (Å²) in [6.07, 6.45) is 2.90. The van der Waals surface area contributed by atoms with Crippen molar-refractivity contribution in [1.29, 1.82) is 0 Å². The molecule has 5 heteroatoms. The lowest BCUT2D eigenvalue weighted by Gasteiger charge is -2.22. The fourth-order valence-corrected chi connectivity index (χ4v) is 3.17. The van der Waals surface area contributed by atoms with Crippen molar-refractivity contribution >= 4 is 11.8 Å². The smallest absolute Gasteiger partial charge is 0.260 e. The Morgan fingerprint density at radius 2 is 1.79 bits per heavy atom. The summed E-state index contributed by atoms with van der Waals surface area (Å²) in [7, 11) is 0. The van der Waals surface area contributed by atoms with Gasteiger partial charge in [0.05, 0.1) is 0 Å². The molecular weight excluding hydrogens is 304 g/mol. The van der Waals surface area contributed by atoms with E-state index in [1.165, 1.54) is 5.56 Å². The number of hydrogen-bond acceptors (Lipinski definition) is 3. The zero-order valence-corrected chi connectivity index (χ0v) is 14.6. The number of hydrogen-bond donors (Lipinski definition) is 0. The number of aryl methyl sites for hydroxylation is 2. The topological polar surface area (TPSA) is 49.9 Å². The molecule has 24 heavy (non-hydrogen) atoms. The van der Waals surface area contributed by atoms with E-state index in [4.69, 9.17) is 4.74 Å². The Hall–Kier alpha value is -2.04. The number of amides is 2. The molecule has 130 valence electrons. The molecule has 1 heterocycles. The lowest BCUT2D eigenvalue weighted by atomic mass is 10.1. The average molecular weight is 330 g/mol. The van der Waals surface area contributed by atoms with Gasteiger partial charge in [0.1, 0.15) is 5.75 Å². The van der Waals surface area contributed by atoms with Gasteiger partial charge in [0.15, 0.2) is 6.61 Å². The minimum absolute atomic E-state index is 0.00399. The molecule has 1 aliphatic heterocycles. The Morgan fingerprint density at radius 1 is 1.08 bits per heavy atom. The molecule has 5 nitrogen and oxygen atoms in total. The molecule has 0 radical (unpaired) electrons. The number of carbonyl (C=O) groups excluding carboxylic acids is 2. The minimum Gasteiger partial charge on any atom is -0.484 e. The van der Waals surface area contributed by atoms with E-state index in [-0.39, 0.29) is 24.3 Å². The van der Waals surface area contributed by atoms with E-state index in [0.717, 1.165) is 37.1 Å². The molecule has 1 saturated carbocycles. The van der Waals surface area contributed by atoms with Crippen LogP contribution in [0.25, 0.3) is 0 Å². The molecule has 0 aromatic heterocycles. The van der Waals surface area contributed by atoms with Crippen LogP contribution in [0, 0.1) is 19.8 Å². The zero-order valence-electron chi connectivity index (χ0n) is 14.6. The first kappa shape index (κ1) is 16.8. The third-order valence-electron chi connectivity index (χ3n) is 4.77. The van der Waals surface area contributed by atoms with Crippen molar-refractivity contribution in [2.75, 3.05) is 32.8 Å². The summed E-state index contributed by atoms with van der Waals surface area (Å²) >= 11 is 0. The van der Waals surface area contributed by atoms with Gasteiger partial charge in [-0.05, 0) is 44.7 Å². The Bertz CT molecular complexity index is 625. The van der Waals surface area contributed by atoms with Gasteiger partial charge >= 0.3 is 0 Å². The number of ether oxygens (including phenoxy) is 1. The third-order valence-corrected chi connectivity index (χ3v) is 4.77. The number of rotatable bonds is 4. The highest BCUT2D eigenvalue weighted by atomic mass is 16.5. The summed E-state index contributed by atoms with van der Waals surface area (Å²) in [5.41, 5.74) is 2.22. The van der Waals surface area contributed by atoms with Crippen LogP contribution >= 0.6 is 0 Å². The number of benzene rings is 1. The van der Waals surface area contributed by atoms with Crippen molar-refractivity contribution in [2.24, 2.45) is 5.92 Å². The molecule has 1 aromatic rings. The molecular formula is C19H26N2O3. The molecule has 0 atom stereocenters. The maximum atomic E-state index is 12.4. The van der Waals surface area contributed by atoms with Crippen molar-refractivity contribution in [1.82, 2.24) is 9.80 Å². The zero-order chi connectivity index (χ0) is 17.1. The predicted molar refractivity (Wildman–Crippen MR) is 91.9 cm³/mol. The van der Waals surface area contributed by atoms with Crippen LogP contribution < -0.4 is 4.74 Å². The first-order valence-electron chi connectivity index (χ1n) is 8.81. The Labute approximate surface area is 143 Å². The summed E-state index contributed by atoms with van der Waals surface area (Å²) < 4.78 is 5.70. The molecule has 1 aliphatic carbocycles. The third kappa shape index (κ3) is 4.08. The van der Waals surface area contributed by atoms with Gasteiger partial charge in [0.25, 0.3) is 5.91 Å². The van der Waals surface area contributed by atoms with Gasteiger partial charge in [-0.2, -0.15) is 0 Å². The second-order valence-corrected chi connectivity index (χ2v) is 6.89.